The van der Waals surface area contributed by atoms with Crippen LogP contribution in [-0.4, -0.2) is 19.0 Å². The number of nitrogens with zero attached hydrogens (tertiary/aromatic N) is 1. The number of hydrogen-bond acceptors (Lipinski definition) is 3. The van der Waals surface area contributed by atoms with Crippen LogP contribution in [0, 0.1) is 0 Å². The van der Waals surface area contributed by atoms with Crippen molar-refractivity contribution in [1.82, 2.24) is 10.6 Å². The first-order chi connectivity index (χ1) is 7.27. The summed E-state index contributed by atoms with van der Waals surface area (Å²) in [7, 11) is 0. The van der Waals surface area contributed by atoms with E-state index in [0.717, 1.165) is 24.6 Å². The van der Waals surface area contributed by atoms with Crippen LogP contribution in [0.15, 0.2) is 23.2 Å². The van der Waals surface area contributed by atoms with Crippen LogP contribution >= 0.6 is 23.2 Å². The zero-order valence-electron chi connectivity index (χ0n) is 8.06. The third kappa shape index (κ3) is 2.55. The summed E-state index contributed by atoms with van der Waals surface area (Å²) < 4.78 is 0. The molecule has 1 aliphatic heterocycles. The molecular weight excluding hydrogens is 233 g/mol. The third-order valence-electron chi connectivity index (χ3n) is 2.17. The highest BCUT2D eigenvalue weighted by atomic mass is 35.5. The maximum Gasteiger partial charge on any atom is 0.191 e. The van der Waals surface area contributed by atoms with Crippen LogP contribution < -0.4 is 10.6 Å². The van der Waals surface area contributed by atoms with Gasteiger partial charge in [0.25, 0.3) is 0 Å². The highest BCUT2D eigenvalue weighted by molar-refractivity contribution is 6.36. The van der Waals surface area contributed by atoms with Gasteiger partial charge in [0.05, 0.1) is 6.54 Å². The van der Waals surface area contributed by atoms with Gasteiger partial charge in [-0.2, -0.15) is 0 Å². The molecule has 1 aliphatic rings. The standard InChI is InChI=1S/C10H11Cl2N3/c11-8-2-1-3-9(12)7(8)6-15-10-13-4-5-14-10/h1-3H,4-6H2,(H2,13,14,15). The smallest absolute Gasteiger partial charge is 0.191 e. The highest BCUT2D eigenvalue weighted by Crippen LogP contribution is 2.23. The first-order valence-electron chi connectivity index (χ1n) is 4.72. The van der Waals surface area contributed by atoms with Crippen molar-refractivity contribution < 1.29 is 0 Å². The van der Waals surface area contributed by atoms with Crippen molar-refractivity contribution in [2.45, 2.75) is 6.54 Å². The van der Waals surface area contributed by atoms with E-state index in [9.17, 15) is 0 Å². The fraction of sp³-hybridized carbons (Fsp3) is 0.300. The number of rotatable bonds is 2. The second-order valence-corrected chi connectivity index (χ2v) is 4.03. The summed E-state index contributed by atoms with van der Waals surface area (Å²) in [5, 5.41) is 7.62. The van der Waals surface area contributed by atoms with Crippen molar-refractivity contribution in [2.75, 3.05) is 13.1 Å². The Morgan fingerprint density at radius 2 is 2.07 bits per heavy atom. The summed E-state index contributed by atoms with van der Waals surface area (Å²) in [6, 6.07) is 5.49. The Bertz CT molecular complexity index is 370. The van der Waals surface area contributed by atoms with Crippen LogP contribution in [0.1, 0.15) is 5.56 Å². The van der Waals surface area contributed by atoms with Gasteiger partial charge >= 0.3 is 0 Å². The zero-order valence-corrected chi connectivity index (χ0v) is 9.57. The minimum Gasteiger partial charge on any atom is -0.355 e. The van der Waals surface area contributed by atoms with Gasteiger partial charge in [-0.05, 0) is 12.1 Å². The molecule has 0 aliphatic carbocycles. The SMILES string of the molecule is Clc1cccc(Cl)c1CNC1=NCCN1. The fourth-order valence-corrected chi connectivity index (χ4v) is 1.92. The van der Waals surface area contributed by atoms with Gasteiger partial charge in [0.2, 0.25) is 0 Å². The molecule has 0 fully saturated rings. The molecule has 2 N–H and O–H groups in total. The van der Waals surface area contributed by atoms with Gasteiger partial charge in [0.1, 0.15) is 0 Å². The molecule has 80 valence electrons. The molecule has 15 heavy (non-hydrogen) atoms. The molecule has 2 rings (SSSR count). The predicted molar refractivity (Wildman–Crippen MR) is 63.6 cm³/mol. The second-order valence-electron chi connectivity index (χ2n) is 3.21. The largest absolute Gasteiger partial charge is 0.355 e. The molecular formula is C10H11Cl2N3. The van der Waals surface area contributed by atoms with E-state index in [0.29, 0.717) is 16.6 Å². The van der Waals surface area contributed by atoms with E-state index in [-0.39, 0.29) is 0 Å². The quantitative estimate of drug-likeness (QED) is 0.835. The monoisotopic (exact) mass is 243 g/mol. The van der Waals surface area contributed by atoms with Gasteiger partial charge in [-0.15, -0.1) is 0 Å². The molecule has 1 heterocycles. The molecule has 3 nitrogen and oxygen atoms in total. The molecule has 0 aromatic heterocycles. The second kappa shape index (κ2) is 4.73. The number of guanidine groups is 1. The van der Waals surface area contributed by atoms with Crippen molar-refractivity contribution >= 4 is 29.2 Å². The van der Waals surface area contributed by atoms with Crippen molar-refractivity contribution in [3.05, 3.63) is 33.8 Å². The molecule has 0 radical (unpaired) electrons. The molecule has 1 aromatic rings. The number of nitrogens with one attached hydrogen (secondary N) is 2. The van der Waals surface area contributed by atoms with Crippen LogP contribution in [0.4, 0.5) is 0 Å². The Labute approximate surface area is 98.5 Å². The Hall–Kier alpha value is -0.930. The lowest BCUT2D eigenvalue weighted by Gasteiger charge is -2.09. The minimum atomic E-state index is 0.588. The summed E-state index contributed by atoms with van der Waals surface area (Å²) in [5.74, 6) is 0.811. The maximum absolute atomic E-state index is 6.03. The zero-order chi connectivity index (χ0) is 10.7. The number of benzene rings is 1. The maximum atomic E-state index is 6.03. The topological polar surface area (TPSA) is 36.4 Å². The van der Waals surface area contributed by atoms with Crippen LogP contribution in [0.2, 0.25) is 10.0 Å². The third-order valence-corrected chi connectivity index (χ3v) is 2.88. The molecule has 0 bridgehead atoms. The number of halogens is 2. The van der Waals surface area contributed by atoms with Gasteiger partial charge in [-0.1, -0.05) is 29.3 Å². The molecule has 1 aromatic carbocycles. The van der Waals surface area contributed by atoms with Crippen LogP contribution in [0.3, 0.4) is 0 Å². The van der Waals surface area contributed by atoms with E-state index in [4.69, 9.17) is 23.2 Å². The summed E-state index contributed by atoms with van der Waals surface area (Å²) in [6.45, 7) is 2.29. The minimum absolute atomic E-state index is 0.588. The first kappa shape index (κ1) is 10.6. The van der Waals surface area contributed by atoms with Crippen molar-refractivity contribution in [3.63, 3.8) is 0 Å². The Morgan fingerprint density at radius 1 is 1.33 bits per heavy atom. The van der Waals surface area contributed by atoms with Gasteiger partial charge in [-0.25, -0.2) is 0 Å². The average Bonchev–Trinajstić information content (AvgIpc) is 2.70. The molecule has 0 saturated carbocycles. The molecule has 0 unspecified atom stereocenters. The lowest BCUT2D eigenvalue weighted by atomic mass is 10.2. The first-order valence-corrected chi connectivity index (χ1v) is 5.48. The van der Waals surface area contributed by atoms with E-state index in [1.54, 1.807) is 0 Å². The van der Waals surface area contributed by atoms with Crippen LogP contribution in [-0.2, 0) is 6.54 Å². The van der Waals surface area contributed by atoms with E-state index in [1.807, 2.05) is 18.2 Å². The molecule has 0 saturated heterocycles. The van der Waals surface area contributed by atoms with E-state index < -0.39 is 0 Å². The summed E-state index contributed by atoms with van der Waals surface area (Å²) in [5.41, 5.74) is 0.900. The van der Waals surface area contributed by atoms with Gasteiger partial charge in [-0.3, -0.25) is 4.99 Å². The van der Waals surface area contributed by atoms with E-state index >= 15 is 0 Å². The van der Waals surface area contributed by atoms with E-state index in [1.165, 1.54) is 0 Å². The van der Waals surface area contributed by atoms with Gasteiger partial charge in [0, 0.05) is 28.7 Å². The lowest BCUT2D eigenvalue weighted by Crippen LogP contribution is -2.33. The van der Waals surface area contributed by atoms with Crippen molar-refractivity contribution in [2.24, 2.45) is 4.99 Å². The Morgan fingerprint density at radius 3 is 2.67 bits per heavy atom. The number of aliphatic imine (C=N–C) groups is 1. The van der Waals surface area contributed by atoms with Crippen molar-refractivity contribution in [3.8, 4) is 0 Å². The predicted octanol–water partition coefficient (Wildman–Crippen LogP) is 2.04. The fourth-order valence-electron chi connectivity index (χ4n) is 1.39. The van der Waals surface area contributed by atoms with Crippen molar-refractivity contribution in [1.29, 1.82) is 0 Å². The summed E-state index contributed by atoms with van der Waals surface area (Å²) in [6.07, 6.45) is 0. The van der Waals surface area contributed by atoms with Crippen LogP contribution in [0.5, 0.6) is 0 Å². The van der Waals surface area contributed by atoms with Crippen LogP contribution in [0.25, 0.3) is 0 Å². The van der Waals surface area contributed by atoms with Gasteiger partial charge < -0.3 is 10.6 Å². The molecule has 0 atom stereocenters. The summed E-state index contributed by atoms with van der Waals surface area (Å²) >= 11 is 12.1. The molecule has 0 spiro atoms. The normalized spacial score (nSPS) is 14.7. The van der Waals surface area contributed by atoms with E-state index in [2.05, 4.69) is 15.6 Å². The average molecular weight is 244 g/mol. The Kier molecular flexibility index (Phi) is 3.34. The molecule has 0 amide bonds. The molecule has 5 heteroatoms. The number of hydrogen-bond donors (Lipinski definition) is 2. The highest BCUT2D eigenvalue weighted by Gasteiger charge is 2.08. The lowest BCUT2D eigenvalue weighted by molar-refractivity contribution is 0.867. The summed E-state index contributed by atoms with van der Waals surface area (Å²) in [4.78, 5) is 4.22. The Balaban J connectivity index is 2.04. The van der Waals surface area contributed by atoms with Gasteiger partial charge in [0.15, 0.2) is 5.96 Å².